The molecule has 30 heavy (non-hydrogen) atoms. The zero-order valence-corrected chi connectivity index (χ0v) is 18.2. The Morgan fingerprint density at radius 3 is 2.73 bits per heavy atom. The summed E-state index contributed by atoms with van der Waals surface area (Å²) in [5.74, 6) is -0.363. The number of rotatable bonds is 5. The van der Waals surface area contributed by atoms with Crippen LogP contribution < -0.4 is 0 Å². The number of nitriles is 1. The molecule has 0 fully saturated rings. The van der Waals surface area contributed by atoms with E-state index in [-0.39, 0.29) is 24.3 Å². The summed E-state index contributed by atoms with van der Waals surface area (Å²) in [6.07, 6.45) is 2.89. The van der Waals surface area contributed by atoms with E-state index in [9.17, 15) is 9.59 Å². The molecule has 0 bridgehead atoms. The molecule has 158 valence electrons. The summed E-state index contributed by atoms with van der Waals surface area (Å²) < 4.78 is 5.45. The van der Waals surface area contributed by atoms with Gasteiger partial charge in [-0.3, -0.25) is 9.78 Å². The van der Waals surface area contributed by atoms with E-state index in [1.54, 1.807) is 7.05 Å². The number of aromatic nitrogens is 1. The van der Waals surface area contributed by atoms with Crippen LogP contribution in [0.15, 0.2) is 24.3 Å². The molecule has 0 saturated heterocycles. The Hall–Kier alpha value is -2.94. The third kappa shape index (κ3) is 4.62. The highest BCUT2D eigenvalue weighted by Crippen LogP contribution is 2.39. The molecule has 0 saturated carbocycles. The molecule has 0 radical (unpaired) electrons. The van der Waals surface area contributed by atoms with Gasteiger partial charge in [-0.25, -0.2) is 4.79 Å². The SMILES string of the molecule is CN(CCC#N)C(=O)COC(=O)c1c2c(nc3ccccc13)CC[C@@H](C(C)(C)C)C2. The highest BCUT2D eigenvalue weighted by Gasteiger charge is 2.33. The molecule has 3 rings (SSSR count). The van der Waals surface area contributed by atoms with Crippen LogP contribution in [-0.4, -0.2) is 42.0 Å². The summed E-state index contributed by atoms with van der Waals surface area (Å²) in [7, 11) is 1.60. The summed E-state index contributed by atoms with van der Waals surface area (Å²) >= 11 is 0. The Kier molecular flexibility index (Phi) is 6.40. The van der Waals surface area contributed by atoms with E-state index in [1.807, 2.05) is 30.3 Å². The summed E-state index contributed by atoms with van der Waals surface area (Å²) in [4.78, 5) is 31.6. The van der Waals surface area contributed by atoms with Gasteiger partial charge in [0.1, 0.15) is 0 Å². The number of fused-ring (bicyclic) bond motifs is 2. The minimum Gasteiger partial charge on any atom is -0.452 e. The summed E-state index contributed by atoms with van der Waals surface area (Å²) in [6.45, 7) is 6.66. The van der Waals surface area contributed by atoms with Crippen molar-refractivity contribution in [2.24, 2.45) is 11.3 Å². The number of carbonyl (C=O) groups excluding carboxylic acids is 2. The fourth-order valence-electron chi connectivity index (χ4n) is 4.01. The molecular formula is C24H29N3O3. The lowest BCUT2D eigenvalue weighted by atomic mass is 9.70. The van der Waals surface area contributed by atoms with Crippen molar-refractivity contribution >= 4 is 22.8 Å². The van der Waals surface area contributed by atoms with E-state index in [0.29, 0.717) is 18.0 Å². The Balaban J connectivity index is 1.91. The van der Waals surface area contributed by atoms with Gasteiger partial charge in [0.15, 0.2) is 6.61 Å². The second kappa shape index (κ2) is 8.83. The maximum Gasteiger partial charge on any atom is 0.339 e. The van der Waals surface area contributed by atoms with Crippen LogP contribution in [0, 0.1) is 22.7 Å². The monoisotopic (exact) mass is 407 g/mol. The first-order valence-electron chi connectivity index (χ1n) is 10.4. The molecule has 1 heterocycles. The van der Waals surface area contributed by atoms with Crippen LogP contribution in [0.5, 0.6) is 0 Å². The number of hydrogen-bond donors (Lipinski definition) is 0. The zero-order valence-electron chi connectivity index (χ0n) is 18.2. The van der Waals surface area contributed by atoms with Gasteiger partial charge in [0.2, 0.25) is 0 Å². The van der Waals surface area contributed by atoms with Crippen molar-refractivity contribution in [2.75, 3.05) is 20.2 Å². The molecule has 0 N–H and O–H groups in total. The van der Waals surface area contributed by atoms with Crippen LogP contribution >= 0.6 is 0 Å². The molecule has 0 aliphatic heterocycles. The summed E-state index contributed by atoms with van der Waals surface area (Å²) in [5.41, 5.74) is 3.35. The first kappa shape index (κ1) is 21.8. The number of benzene rings is 1. The Morgan fingerprint density at radius 1 is 1.30 bits per heavy atom. The van der Waals surface area contributed by atoms with Gasteiger partial charge in [-0.15, -0.1) is 0 Å². The number of likely N-dealkylation sites (N-methyl/N-ethyl adjacent to an activating group) is 1. The molecule has 6 nitrogen and oxygen atoms in total. The molecule has 0 spiro atoms. The molecule has 1 amide bonds. The van der Waals surface area contributed by atoms with Crippen molar-refractivity contribution < 1.29 is 14.3 Å². The van der Waals surface area contributed by atoms with E-state index in [1.165, 1.54) is 4.90 Å². The molecule has 2 aromatic rings. The van der Waals surface area contributed by atoms with Gasteiger partial charge >= 0.3 is 5.97 Å². The van der Waals surface area contributed by atoms with Crippen LogP contribution in [-0.2, 0) is 22.4 Å². The number of aryl methyl sites for hydroxylation is 1. The first-order chi connectivity index (χ1) is 14.2. The van der Waals surface area contributed by atoms with E-state index >= 15 is 0 Å². The topological polar surface area (TPSA) is 83.3 Å². The Morgan fingerprint density at radius 2 is 2.03 bits per heavy atom. The molecule has 1 aliphatic rings. The lowest BCUT2D eigenvalue weighted by Crippen LogP contribution is -2.32. The largest absolute Gasteiger partial charge is 0.452 e. The molecular weight excluding hydrogens is 378 g/mol. The minimum absolute atomic E-state index is 0.129. The number of nitrogens with zero attached hydrogens (tertiary/aromatic N) is 3. The lowest BCUT2D eigenvalue weighted by Gasteiger charge is -2.35. The highest BCUT2D eigenvalue weighted by atomic mass is 16.5. The Labute approximate surface area is 177 Å². The third-order valence-electron chi connectivity index (χ3n) is 6.00. The van der Waals surface area contributed by atoms with Crippen molar-refractivity contribution in [2.45, 2.75) is 46.5 Å². The molecule has 0 unspecified atom stereocenters. The minimum atomic E-state index is -0.485. The van der Waals surface area contributed by atoms with Crippen LogP contribution in [0.25, 0.3) is 10.9 Å². The van der Waals surface area contributed by atoms with Crippen LogP contribution in [0.1, 0.15) is 55.2 Å². The first-order valence-corrected chi connectivity index (χ1v) is 10.4. The van der Waals surface area contributed by atoms with Crippen molar-refractivity contribution in [3.8, 4) is 6.07 Å². The van der Waals surface area contributed by atoms with E-state index < -0.39 is 5.97 Å². The molecule has 1 atom stereocenters. The molecule has 1 aliphatic carbocycles. The van der Waals surface area contributed by atoms with Crippen molar-refractivity contribution in [3.63, 3.8) is 0 Å². The highest BCUT2D eigenvalue weighted by molar-refractivity contribution is 6.05. The molecule has 6 heteroatoms. The van der Waals surface area contributed by atoms with Gasteiger partial charge in [0, 0.05) is 24.7 Å². The van der Waals surface area contributed by atoms with E-state index in [0.717, 1.165) is 41.4 Å². The van der Waals surface area contributed by atoms with Gasteiger partial charge in [0.25, 0.3) is 5.91 Å². The van der Waals surface area contributed by atoms with Crippen molar-refractivity contribution in [3.05, 3.63) is 41.1 Å². The average Bonchev–Trinajstić information content (AvgIpc) is 2.72. The molecule has 1 aromatic carbocycles. The van der Waals surface area contributed by atoms with Crippen molar-refractivity contribution in [1.29, 1.82) is 5.26 Å². The normalized spacial score (nSPS) is 15.9. The number of ether oxygens (including phenoxy) is 1. The summed E-state index contributed by atoms with van der Waals surface area (Å²) in [5, 5.41) is 9.44. The lowest BCUT2D eigenvalue weighted by molar-refractivity contribution is -0.133. The number of para-hydroxylation sites is 1. The second-order valence-corrected chi connectivity index (χ2v) is 9.03. The maximum absolute atomic E-state index is 13.2. The van der Waals surface area contributed by atoms with E-state index in [2.05, 4.69) is 20.8 Å². The number of pyridine rings is 1. The van der Waals surface area contributed by atoms with E-state index in [4.69, 9.17) is 15.0 Å². The number of carbonyl (C=O) groups is 2. The van der Waals surface area contributed by atoms with Gasteiger partial charge in [-0.1, -0.05) is 39.0 Å². The Bertz CT molecular complexity index is 1000. The van der Waals surface area contributed by atoms with Crippen LogP contribution in [0.4, 0.5) is 0 Å². The standard InChI is InChI=1S/C24H29N3O3/c1-24(2,3)16-10-11-20-18(14-16)22(17-8-5-6-9-19(17)26-20)23(29)30-15-21(28)27(4)13-7-12-25/h5-6,8-9,16H,7,10-11,13-15H2,1-4H3/t16-/m1/s1. The predicted molar refractivity (Wildman–Crippen MR) is 115 cm³/mol. The van der Waals surface area contributed by atoms with Crippen LogP contribution in [0.3, 0.4) is 0 Å². The second-order valence-electron chi connectivity index (χ2n) is 9.03. The zero-order chi connectivity index (χ0) is 21.9. The van der Waals surface area contributed by atoms with Crippen LogP contribution in [0.2, 0.25) is 0 Å². The third-order valence-corrected chi connectivity index (χ3v) is 6.00. The number of esters is 1. The number of hydrogen-bond acceptors (Lipinski definition) is 5. The van der Waals surface area contributed by atoms with Gasteiger partial charge in [-0.2, -0.15) is 5.26 Å². The van der Waals surface area contributed by atoms with Gasteiger partial charge in [0.05, 0.1) is 23.6 Å². The van der Waals surface area contributed by atoms with Gasteiger partial charge < -0.3 is 9.64 Å². The maximum atomic E-state index is 13.2. The summed E-state index contributed by atoms with van der Waals surface area (Å²) in [6, 6.07) is 9.60. The number of amides is 1. The molecule has 1 aromatic heterocycles. The average molecular weight is 408 g/mol. The van der Waals surface area contributed by atoms with Gasteiger partial charge in [-0.05, 0) is 42.2 Å². The van der Waals surface area contributed by atoms with Crippen molar-refractivity contribution in [1.82, 2.24) is 9.88 Å². The fraction of sp³-hybridized carbons (Fsp3) is 0.500. The predicted octanol–water partition coefficient (Wildman–Crippen LogP) is 3.91. The smallest absolute Gasteiger partial charge is 0.339 e. The fourth-order valence-corrected chi connectivity index (χ4v) is 4.01. The quantitative estimate of drug-likeness (QED) is 0.702.